The van der Waals surface area contributed by atoms with Crippen LogP contribution >= 0.6 is 0 Å². The maximum Gasteiger partial charge on any atom is 0.238 e. The predicted octanol–water partition coefficient (Wildman–Crippen LogP) is 3.00. The summed E-state index contributed by atoms with van der Waals surface area (Å²) < 4.78 is 13.1. The van der Waals surface area contributed by atoms with E-state index in [9.17, 15) is 4.79 Å². The van der Waals surface area contributed by atoms with Crippen molar-refractivity contribution in [1.29, 1.82) is 0 Å². The second-order valence-corrected chi connectivity index (χ2v) is 6.18. The Morgan fingerprint density at radius 3 is 2.96 bits per heavy atom. The standard InChI is InChI=1S/C19H20N4O3/c1-3-4-9-26-14-10-23-17(18(14)25-2)16(20-11-21-23)15-12-7-5-6-8-13(12)22-19(15)24/h5-8,10-11,15H,3-4,9H2,1-2H3,(H,22,24). The van der Waals surface area contributed by atoms with E-state index >= 15 is 0 Å². The zero-order valence-electron chi connectivity index (χ0n) is 14.7. The van der Waals surface area contributed by atoms with Gasteiger partial charge in [-0.1, -0.05) is 31.5 Å². The number of anilines is 1. The van der Waals surface area contributed by atoms with Crippen molar-refractivity contribution in [2.24, 2.45) is 0 Å². The number of nitrogens with one attached hydrogen (secondary N) is 1. The molecule has 1 atom stereocenters. The van der Waals surface area contributed by atoms with Crippen molar-refractivity contribution in [2.45, 2.75) is 25.7 Å². The SMILES string of the molecule is CCCCOc1cn2ncnc(C3C(=O)Nc4ccccc43)c2c1OC. The number of nitrogens with zero attached hydrogens (tertiary/aromatic N) is 3. The zero-order valence-corrected chi connectivity index (χ0v) is 14.7. The van der Waals surface area contributed by atoms with Gasteiger partial charge in [0.15, 0.2) is 11.5 Å². The van der Waals surface area contributed by atoms with Crippen LogP contribution in [0.15, 0.2) is 36.8 Å². The summed E-state index contributed by atoms with van der Waals surface area (Å²) in [6.45, 7) is 2.70. The number of rotatable bonds is 6. The summed E-state index contributed by atoms with van der Waals surface area (Å²) in [4.78, 5) is 17.1. The molecule has 4 rings (SSSR count). The molecule has 2 aromatic heterocycles. The van der Waals surface area contributed by atoms with Gasteiger partial charge < -0.3 is 14.8 Å². The van der Waals surface area contributed by atoms with E-state index in [-0.39, 0.29) is 5.91 Å². The fraction of sp³-hybridized carbons (Fsp3) is 0.316. The first-order valence-corrected chi connectivity index (χ1v) is 8.67. The highest BCUT2D eigenvalue weighted by molar-refractivity contribution is 6.06. The van der Waals surface area contributed by atoms with Crippen molar-refractivity contribution < 1.29 is 14.3 Å². The highest BCUT2D eigenvalue weighted by Gasteiger charge is 2.35. The maximum atomic E-state index is 12.6. The fourth-order valence-electron chi connectivity index (χ4n) is 3.30. The van der Waals surface area contributed by atoms with Gasteiger partial charge in [-0.25, -0.2) is 9.50 Å². The van der Waals surface area contributed by atoms with Crippen LogP contribution in [0, 0.1) is 0 Å². The second-order valence-electron chi connectivity index (χ2n) is 6.18. The lowest BCUT2D eigenvalue weighted by Crippen LogP contribution is -2.16. The van der Waals surface area contributed by atoms with Crippen molar-refractivity contribution in [1.82, 2.24) is 14.6 Å². The van der Waals surface area contributed by atoms with Gasteiger partial charge in [0.1, 0.15) is 17.8 Å². The van der Waals surface area contributed by atoms with Gasteiger partial charge in [0.25, 0.3) is 0 Å². The molecule has 1 aliphatic heterocycles. The van der Waals surface area contributed by atoms with Gasteiger partial charge in [0.2, 0.25) is 5.91 Å². The molecule has 1 N–H and O–H groups in total. The van der Waals surface area contributed by atoms with Gasteiger partial charge in [-0.3, -0.25) is 4.79 Å². The fourth-order valence-corrected chi connectivity index (χ4v) is 3.30. The molecule has 0 saturated heterocycles. The first kappa shape index (κ1) is 16.4. The molecule has 0 fully saturated rings. The van der Waals surface area contributed by atoms with Crippen molar-refractivity contribution >= 4 is 17.1 Å². The predicted molar refractivity (Wildman–Crippen MR) is 96.9 cm³/mol. The highest BCUT2D eigenvalue weighted by Crippen LogP contribution is 2.42. The number of para-hydroxylation sites is 1. The number of methoxy groups -OCH3 is 1. The molecule has 0 radical (unpaired) electrons. The Hall–Kier alpha value is -3.09. The van der Waals surface area contributed by atoms with E-state index in [1.165, 1.54) is 6.33 Å². The first-order valence-electron chi connectivity index (χ1n) is 8.67. The third-order valence-electron chi connectivity index (χ3n) is 4.55. The van der Waals surface area contributed by atoms with Crippen LogP contribution in [0.25, 0.3) is 5.52 Å². The largest absolute Gasteiger partial charge is 0.491 e. The molecule has 3 heterocycles. The summed E-state index contributed by atoms with van der Waals surface area (Å²) in [7, 11) is 1.58. The van der Waals surface area contributed by atoms with Crippen molar-refractivity contribution in [2.75, 3.05) is 19.0 Å². The summed E-state index contributed by atoms with van der Waals surface area (Å²) in [5.41, 5.74) is 2.96. The van der Waals surface area contributed by atoms with Gasteiger partial charge in [-0.15, -0.1) is 0 Å². The molecule has 134 valence electrons. The van der Waals surface area contributed by atoms with Crippen molar-refractivity contribution in [3.63, 3.8) is 0 Å². The molecule has 0 bridgehead atoms. The Balaban J connectivity index is 1.85. The molecule has 26 heavy (non-hydrogen) atoms. The minimum absolute atomic E-state index is 0.108. The number of aromatic nitrogens is 3. The van der Waals surface area contributed by atoms with Crippen LogP contribution < -0.4 is 14.8 Å². The molecule has 0 spiro atoms. The van der Waals surface area contributed by atoms with Crippen LogP contribution in [0.2, 0.25) is 0 Å². The number of carbonyl (C=O) groups excluding carboxylic acids is 1. The van der Waals surface area contributed by atoms with Gasteiger partial charge in [-0.05, 0) is 18.1 Å². The number of hydrogen-bond acceptors (Lipinski definition) is 5. The summed E-state index contributed by atoms with van der Waals surface area (Å²) in [6.07, 6.45) is 5.21. The van der Waals surface area contributed by atoms with E-state index in [4.69, 9.17) is 9.47 Å². The van der Waals surface area contributed by atoms with E-state index < -0.39 is 5.92 Å². The molecule has 1 aromatic carbocycles. The van der Waals surface area contributed by atoms with Gasteiger partial charge in [0.05, 0.1) is 25.6 Å². The molecule has 7 heteroatoms. The van der Waals surface area contributed by atoms with Crippen LogP contribution in [-0.4, -0.2) is 34.2 Å². The van der Waals surface area contributed by atoms with Gasteiger partial charge >= 0.3 is 0 Å². The number of fused-ring (bicyclic) bond motifs is 2. The minimum atomic E-state index is -0.510. The minimum Gasteiger partial charge on any atom is -0.491 e. The summed E-state index contributed by atoms with van der Waals surface area (Å²) in [6, 6.07) is 7.64. The smallest absolute Gasteiger partial charge is 0.238 e. The number of carbonyl (C=O) groups is 1. The number of benzene rings is 1. The molecule has 0 aliphatic carbocycles. The van der Waals surface area contributed by atoms with E-state index in [1.807, 2.05) is 24.3 Å². The third-order valence-corrected chi connectivity index (χ3v) is 4.55. The number of ether oxygens (including phenoxy) is 2. The monoisotopic (exact) mass is 352 g/mol. The van der Waals surface area contributed by atoms with Crippen LogP contribution in [0.4, 0.5) is 5.69 Å². The molecular weight excluding hydrogens is 332 g/mol. The zero-order chi connectivity index (χ0) is 18.1. The second kappa shape index (κ2) is 6.67. The Kier molecular flexibility index (Phi) is 4.20. The molecule has 1 amide bonds. The molecule has 0 saturated carbocycles. The average molecular weight is 352 g/mol. The van der Waals surface area contributed by atoms with Crippen LogP contribution in [0.1, 0.15) is 36.9 Å². The van der Waals surface area contributed by atoms with Crippen LogP contribution in [-0.2, 0) is 4.79 Å². The lowest BCUT2D eigenvalue weighted by molar-refractivity contribution is -0.116. The van der Waals surface area contributed by atoms with Gasteiger partial charge in [0, 0.05) is 5.69 Å². The maximum absolute atomic E-state index is 12.6. The lowest BCUT2D eigenvalue weighted by Gasteiger charge is -2.11. The van der Waals surface area contributed by atoms with E-state index in [2.05, 4.69) is 22.3 Å². The van der Waals surface area contributed by atoms with Crippen LogP contribution in [0.5, 0.6) is 11.5 Å². The van der Waals surface area contributed by atoms with E-state index in [0.29, 0.717) is 29.3 Å². The van der Waals surface area contributed by atoms with Crippen LogP contribution in [0.3, 0.4) is 0 Å². The van der Waals surface area contributed by atoms with Crippen molar-refractivity contribution in [3.05, 3.63) is 48.0 Å². The van der Waals surface area contributed by atoms with E-state index in [0.717, 1.165) is 24.1 Å². The summed E-state index contributed by atoms with van der Waals surface area (Å²) in [5, 5.41) is 7.18. The third kappa shape index (κ3) is 2.56. The number of hydrogen-bond donors (Lipinski definition) is 1. The average Bonchev–Trinajstić information content (AvgIpc) is 3.18. The topological polar surface area (TPSA) is 77.8 Å². The summed E-state index contributed by atoms with van der Waals surface area (Å²) >= 11 is 0. The molecule has 3 aromatic rings. The molecular formula is C19H20N4O3. The Morgan fingerprint density at radius 2 is 2.15 bits per heavy atom. The molecule has 1 aliphatic rings. The lowest BCUT2D eigenvalue weighted by atomic mass is 9.96. The summed E-state index contributed by atoms with van der Waals surface area (Å²) in [5.74, 6) is 0.538. The Morgan fingerprint density at radius 1 is 1.31 bits per heavy atom. The molecule has 1 unspecified atom stereocenters. The normalized spacial score (nSPS) is 15.8. The van der Waals surface area contributed by atoms with Crippen molar-refractivity contribution in [3.8, 4) is 11.5 Å². The molecule has 7 nitrogen and oxygen atoms in total. The number of amides is 1. The Labute approximate surface area is 151 Å². The Bertz CT molecular complexity index is 967. The van der Waals surface area contributed by atoms with E-state index in [1.54, 1.807) is 17.8 Å². The quantitative estimate of drug-likeness (QED) is 0.690. The number of unbranched alkanes of at least 4 members (excludes halogenated alkanes) is 1. The first-order chi connectivity index (χ1) is 12.7. The highest BCUT2D eigenvalue weighted by atomic mass is 16.5. The van der Waals surface area contributed by atoms with Gasteiger partial charge in [-0.2, -0.15) is 5.10 Å².